The van der Waals surface area contributed by atoms with Gasteiger partial charge in [-0.05, 0) is 72.2 Å². The van der Waals surface area contributed by atoms with E-state index >= 15 is 0 Å². The number of benzene rings is 3. The normalized spacial score (nSPS) is 13.4. The zero-order valence-corrected chi connectivity index (χ0v) is 22.1. The number of nitrogens with zero attached hydrogens (tertiary/aromatic N) is 2. The molecule has 2 heterocycles. The third-order valence-electron chi connectivity index (χ3n) is 7.43. The average molecular weight is 493 g/mol. The summed E-state index contributed by atoms with van der Waals surface area (Å²) >= 11 is 0. The van der Waals surface area contributed by atoms with Crippen molar-refractivity contribution in [3.05, 3.63) is 112 Å². The van der Waals surface area contributed by atoms with Gasteiger partial charge in [0, 0.05) is 42.5 Å². The van der Waals surface area contributed by atoms with E-state index in [0.29, 0.717) is 0 Å². The minimum atomic E-state index is -0.0124. The number of aromatic nitrogens is 1. The highest BCUT2D eigenvalue weighted by atomic mass is 16.5. The molecule has 0 aliphatic carbocycles. The lowest BCUT2D eigenvalue weighted by molar-refractivity contribution is 0.242. The Balaban J connectivity index is 1.55. The molecule has 1 aliphatic rings. The molecular weight excluding hydrogens is 456 g/mol. The highest BCUT2D eigenvalue weighted by Crippen LogP contribution is 2.35. The fraction of sp³-hybridized carbons (Fsp3) is 0.303. The van der Waals surface area contributed by atoms with Crippen LogP contribution in [0.4, 0.5) is 0 Å². The summed E-state index contributed by atoms with van der Waals surface area (Å²) in [5, 5.41) is 9.65. The SMILES string of the molecule is CCc1ccc(CC)c(-c2cc(Oc3cccc(CO)c3)c(CN3CCc4ccccc4C3)c(C)n2)c1. The molecule has 5 rings (SSSR count). The van der Waals surface area contributed by atoms with Crippen LogP contribution in [0.15, 0.2) is 72.8 Å². The zero-order valence-electron chi connectivity index (χ0n) is 22.1. The number of ether oxygens (including phenoxy) is 1. The van der Waals surface area contributed by atoms with Gasteiger partial charge in [0.1, 0.15) is 11.5 Å². The van der Waals surface area contributed by atoms with E-state index in [1.807, 2.05) is 24.3 Å². The Hall–Kier alpha value is -3.47. The van der Waals surface area contributed by atoms with Gasteiger partial charge in [-0.1, -0.05) is 62.4 Å². The van der Waals surface area contributed by atoms with E-state index in [1.54, 1.807) is 0 Å². The standard InChI is InChI=1S/C33H36N2O2/c1-4-24-13-14-26(5-2)30(18-24)32-19-33(37-29-12-8-9-25(17-29)22-36)31(23(3)34-32)21-35-16-15-27-10-6-7-11-28(27)20-35/h6-14,17-19,36H,4-5,15-16,20-22H2,1-3H3. The largest absolute Gasteiger partial charge is 0.457 e. The van der Waals surface area contributed by atoms with Crippen LogP contribution in [0.25, 0.3) is 11.3 Å². The molecule has 0 saturated heterocycles. The van der Waals surface area contributed by atoms with Crippen molar-refractivity contribution in [2.45, 2.75) is 59.7 Å². The minimum Gasteiger partial charge on any atom is -0.457 e. The number of hydrogen-bond donors (Lipinski definition) is 1. The first kappa shape index (κ1) is 25.2. The van der Waals surface area contributed by atoms with Crippen molar-refractivity contribution < 1.29 is 9.84 Å². The molecule has 0 fully saturated rings. The van der Waals surface area contributed by atoms with Crippen LogP contribution >= 0.6 is 0 Å². The predicted molar refractivity (Wildman–Crippen MR) is 150 cm³/mol. The van der Waals surface area contributed by atoms with Gasteiger partial charge in [0.15, 0.2) is 0 Å². The highest BCUT2D eigenvalue weighted by Gasteiger charge is 2.21. The number of aryl methyl sites for hydroxylation is 3. The summed E-state index contributed by atoms with van der Waals surface area (Å²) in [4.78, 5) is 7.61. The summed E-state index contributed by atoms with van der Waals surface area (Å²) < 4.78 is 6.56. The Bertz CT molecular complexity index is 1400. The molecule has 3 aromatic carbocycles. The summed E-state index contributed by atoms with van der Waals surface area (Å²) in [7, 11) is 0. The third kappa shape index (κ3) is 5.61. The number of pyridine rings is 1. The number of aliphatic hydroxyl groups is 1. The van der Waals surface area contributed by atoms with E-state index in [-0.39, 0.29) is 6.61 Å². The van der Waals surface area contributed by atoms with Crippen molar-refractivity contribution in [3.63, 3.8) is 0 Å². The zero-order chi connectivity index (χ0) is 25.8. The van der Waals surface area contributed by atoms with E-state index in [1.165, 1.54) is 27.8 Å². The van der Waals surface area contributed by atoms with Gasteiger partial charge in [0.2, 0.25) is 0 Å². The fourth-order valence-electron chi connectivity index (χ4n) is 5.23. The van der Waals surface area contributed by atoms with E-state index in [0.717, 1.165) is 72.9 Å². The van der Waals surface area contributed by atoms with E-state index in [4.69, 9.17) is 9.72 Å². The van der Waals surface area contributed by atoms with Gasteiger partial charge in [-0.3, -0.25) is 9.88 Å². The molecule has 1 N–H and O–H groups in total. The topological polar surface area (TPSA) is 45.6 Å². The molecule has 0 amide bonds. The summed E-state index contributed by atoms with van der Waals surface area (Å²) in [5.41, 5.74) is 10.5. The van der Waals surface area contributed by atoms with Gasteiger partial charge < -0.3 is 9.84 Å². The quantitative estimate of drug-likeness (QED) is 0.287. The van der Waals surface area contributed by atoms with Gasteiger partial charge in [0.25, 0.3) is 0 Å². The first-order chi connectivity index (χ1) is 18.1. The number of fused-ring (bicyclic) bond motifs is 1. The molecule has 1 aromatic heterocycles. The van der Waals surface area contributed by atoms with Gasteiger partial charge in [0.05, 0.1) is 12.3 Å². The van der Waals surface area contributed by atoms with Crippen LogP contribution in [-0.4, -0.2) is 21.5 Å². The van der Waals surface area contributed by atoms with E-state index in [9.17, 15) is 5.11 Å². The monoisotopic (exact) mass is 492 g/mol. The maximum atomic E-state index is 9.65. The maximum Gasteiger partial charge on any atom is 0.135 e. The Morgan fingerprint density at radius 3 is 2.51 bits per heavy atom. The molecule has 0 saturated carbocycles. The molecule has 190 valence electrons. The Labute approximate surface area is 220 Å². The molecule has 4 nitrogen and oxygen atoms in total. The van der Waals surface area contributed by atoms with Crippen LogP contribution in [-0.2, 0) is 39.0 Å². The smallest absolute Gasteiger partial charge is 0.135 e. The fourth-order valence-corrected chi connectivity index (χ4v) is 5.23. The van der Waals surface area contributed by atoms with Crippen molar-refractivity contribution in [2.24, 2.45) is 0 Å². The van der Waals surface area contributed by atoms with Crippen molar-refractivity contribution in [1.29, 1.82) is 0 Å². The van der Waals surface area contributed by atoms with Crippen molar-refractivity contribution in [3.8, 4) is 22.8 Å². The summed E-state index contributed by atoms with van der Waals surface area (Å²) in [5.74, 6) is 1.56. The second kappa shape index (κ2) is 11.3. The van der Waals surface area contributed by atoms with Crippen LogP contribution in [0.5, 0.6) is 11.5 Å². The van der Waals surface area contributed by atoms with Gasteiger partial charge in [-0.2, -0.15) is 0 Å². The minimum absolute atomic E-state index is 0.0124. The Kier molecular flexibility index (Phi) is 7.68. The summed E-state index contributed by atoms with van der Waals surface area (Å²) in [6, 6.07) is 25.3. The molecule has 0 bridgehead atoms. The van der Waals surface area contributed by atoms with Gasteiger partial charge >= 0.3 is 0 Å². The molecule has 0 spiro atoms. The molecule has 1 aliphatic heterocycles. The van der Waals surface area contributed by atoms with Crippen LogP contribution in [0.3, 0.4) is 0 Å². The number of hydrogen-bond acceptors (Lipinski definition) is 4. The number of rotatable bonds is 8. The van der Waals surface area contributed by atoms with Gasteiger partial charge in [-0.25, -0.2) is 0 Å². The first-order valence-corrected chi connectivity index (χ1v) is 13.4. The summed E-state index contributed by atoms with van der Waals surface area (Å²) in [6.07, 6.45) is 2.99. The average Bonchev–Trinajstić information content (AvgIpc) is 2.94. The van der Waals surface area contributed by atoms with Crippen molar-refractivity contribution >= 4 is 0 Å². The number of aliphatic hydroxyl groups excluding tert-OH is 1. The van der Waals surface area contributed by atoms with Gasteiger partial charge in [-0.15, -0.1) is 0 Å². The lowest BCUT2D eigenvalue weighted by Gasteiger charge is -2.30. The molecule has 0 atom stereocenters. The van der Waals surface area contributed by atoms with E-state index < -0.39 is 0 Å². The molecule has 4 heteroatoms. The molecule has 4 aromatic rings. The highest BCUT2D eigenvalue weighted by molar-refractivity contribution is 5.67. The molecule has 0 radical (unpaired) electrons. The summed E-state index contributed by atoms with van der Waals surface area (Å²) in [6.45, 7) is 9.18. The maximum absolute atomic E-state index is 9.65. The predicted octanol–water partition coefficient (Wildman–Crippen LogP) is 7.02. The van der Waals surface area contributed by atoms with Crippen LogP contribution in [0.1, 0.15) is 52.9 Å². The van der Waals surface area contributed by atoms with Crippen LogP contribution < -0.4 is 4.74 Å². The second-order valence-corrected chi connectivity index (χ2v) is 9.91. The lowest BCUT2D eigenvalue weighted by atomic mass is 9.96. The lowest BCUT2D eigenvalue weighted by Crippen LogP contribution is -2.30. The molecule has 0 unspecified atom stereocenters. The first-order valence-electron chi connectivity index (χ1n) is 13.4. The van der Waals surface area contributed by atoms with Crippen molar-refractivity contribution in [1.82, 2.24) is 9.88 Å². The van der Waals surface area contributed by atoms with Crippen LogP contribution in [0, 0.1) is 6.92 Å². The Morgan fingerprint density at radius 1 is 0.892 bits per heavy atom. The Morgan fingerprint density at radius 2 is 1.73 bits per heavy atom. The van der Waals surface area contributed by atoms with Crippen molar-refractivity contribution in [2.75, 3.05) is 6.54 Å². The van der Waals surface area contributed by atoms with E-state index in [2.05, 4.69) is 74.2 Å². The molecular formula is C33H36N2O2. The molecule has 37 heavy (non-hydrogen) atoms. The van der Waals surface area contributed by atoms with Crippen LogP contribution in [0.2, 0.25) is 0 Å². The second-order valence-electron chi connectivity index (χ2n) is 9.91. The third-order valence-corrected chi connectivity index (χ3v) is 7.43.